The molecule has 4 heteroatoms. The minimum Gasteiger partial charge on any atom is -0.462 e. The van der Waals surface area contributed by atoms with Gasteiger partial charge >= 0.3 is 5.97 Å². The lowest BCUT2D eigenvalue weighted by atomic mass is 9.47. The van der Waals surface area contributed by atoms with Crippen LogP contribution in [0.15, 0.2) is 11.6 Å². The van der Waals surface area contributed by atoms with Gasteiger partial charge in [0.15, 0.2) is 0 Å². The fourth-order valence-electron chi connectivity index (χ4n) is 8.90. The fourth-order valence-corrected chi connectivity index (χ4v) is 8.90. The van der Waals surface area contributed by atoms with Crippen molar-refractivity contribution in [3.05, 3.63) is 11.6 Å². The van der Waals surface area contributed by atoms with Crippen LogP contribution < -0.4 is 0 Å². The van der Waals surface area contributed by atoms with Gasteiger partial charge in [-0.05, 0) is 112 Å². The zero-order valence-electron chi connectivity index (χ0n) is 21.8. The standard InChI is InChI=1S/C29H47FO3/c1-18(7-12-26(30)27(3,4)32)23-10-11-24-22-9-8-20-17-21(33-19(2)31)13-15-28(20,5)25(22)14-16-29(23,24)6/h8,18,21-26,32H,7,9-17H2,1-6H3/t18-,21-,22+,23-,24+,25+,26?,28+,29-/m1/s1. The number of esters is 1. The third kappa shape index (κ3) is 4.55. The Balaban J connectivity index is 1.46. The van der Waals surface area contributed by atoms with Crippen LogP contribution in [-0.2, 0) is 9.53 Å². The Hall–Kier alpha value is -0.900. The molecule has 0 saturated heterocycles. The number of allylic oxidation sites excluding steroid dienone is 1. The van der Waals surface area contributed by atoms with E-state index in [1.807, 2.05) is 0 Å². The summed E-state index contributed by atoms with van der Waals surface area (Å²) in [6.07, 6.45) is 12.2. The first-order valence-corrected chi connectivity index (χ1v) is 13.6. The quantitative estimate of drug-likeness (QED) is 0.341. The molecule has 0 aromatic rings. The molecule has 1 N–H and O–H groups in total. The summed E-state index contributed by atoms with van der Waals surface area (Å²) in [5.74, 6) is 3.27. The first-order chi connectivity index (χ1) is 15.4. The molecule has 188 valence electrons. The van der Waals surface area contributed by atoms with E-state index >= 15 is 0 Å². The molecule has 4 rings (SSSR count). The predicted octanol–water partition coefficient (Wildman–Crippen LogP) is 7.02. The maximum Gasteiger partial charge on any atom is 0.302 e. The third-order valence-corrected chi connectivity index (χ3v) is 10.8. The molecule has 0 spiro atoms. The number of hydrogen-bond donors (Lipinski definition) is 1. The van der Waals surface area contributed by atoms with Gasteiger partial charge in [-0.3, -0.25) is 4.79 Å². The van der Waals surface area contributed by atoms with Crippen LogP contribution in [0, 0.1) is 40.4 Å². The summed E-state index contributed by atoms with van der Waals surface area (Å²) in [6, 6.07) is 0. The van der Waals surface area contributed by atoms with Crippen LogP contribution in [0.4, 0.5) is 4.39 Å². The lowest BCUT2D eigenvalue weighted by Gasteiger charge is -2.58. The van der Waals surface area contributed by atoms with Crippen LogP contribution in [0.1, 0.15) is 106 Å². The Bertz CT molecular complexity index is 769. The first-order valence-electron chi connectivity index (χ1n) is 13.6. The largest absolute Gasteiger partial charge is 0.462 e. The molecule has 9 atom stereocenters. The number of ether oxygens (including phenoxy) is 1. The molecule has 33 heavy (non-hydrogen) atoms. The first kappa shape index (κ1) is 25.2. The molecule has 0 aromatic carbocycles. The van der Waals surface area contributed by atoms with Gasteiger partial charge in [-0.1, -0.05) is 32.4 Å². The van der Waals surface area contributed by atoms with E-state index in [0.717, 1.165) is 43.4 Å². The van der Waals surface area contributed by atoms with Gasteiger partial charge in [-0.25, -0.2) is 4.39 Å². The monoisotopic (exact) mass is 462 g/mol. The number of halogens is 1. The van der Waals surface area contributed by atoms with Crippen LogP contribution in [0.25, 0.3) is 0 Å². The van der Waals surface area contributed by atoms with E-state index in [1.165, 1.54) is 39.0 Å². The molecule has 1 unspecified atom stereocenters. The van der Waals surface area contributed by atoms with Gasteiger partial charge < -0.3 is 9.84 Å². The van der Waals surface area contributed by atoms with Crippen molar-refractivity contribution in [3.63, 3.8) is 0 Å². The summed E-state index contributed by atoms with van der Waals surface area (Å²) in [7, 11) is 0. The van der Waals surface area contributed by atoms with Crippen molar-refractivity contribution >= 4 is 5.97 Å². The molecule has 0 aromatic heterocycles. The summed E-state index contributed by atoms with van der Waals surface area (Å²) < 4.78 is 20.0. The third-order valence-electron chi connectivity index (χ3n) is 10.8. The molecule has 0 aliphatic heterocycles. The average Bonchev–Trinajstić information content (AvgIpc) is 3.08. The van der Waals surface area contributed by atoms with Crippen molar-refractivity contribution in [2.45, 2.75) is 124 Å². The van der Waals surface area contributed by atoms with Crippen molar-refractivity contribution < 1.29 is 19.0 Å². The van der Waals surface area contributed by atoms with Crippen molar-refractivity contribution in [2.75, 3.05) is 0 Å². The number of rotatable bonds is 6. The van der Waals surface area contributed by atoms with E-state index in [0.29, 0.717) is 23.7 Å². The maximum atomic E-state index is 14.4. The Kier molecular flexibility index (Phi) is 6.84. The minimum absolute atomic E-state index is 0.0622. The van der Waals surface area contributed by atoms with Crippen molar-refractivity contribution in [1.82, 2.24) is 0 Å². The van der Waals surface area contributed by atoms with Crippen LogP contribution in [0.3, 0.4) is 0 Å². The number of fused-ring (bicyclic) bond motifs is 5. The molecule has 0 bridgehead atoms. The van der Waals surface area contributed by atoms with E-state index in [4.69, 9.17) is 4.74 Å². The lowest BCUT2D eigenvalue weighted by molar-refractivity contribution is -0.148. The molecule has 0 radical (unpaired) electrons. The van der Waals surface area contributed by atoms with E-state index in [-0.39, 0.29) is 17.5 Å². The topological polar surface area (TPSA) is 46.5 Å². The molecular formula is C29H47FO3. The van der Waals surface area contributed by atoms with Gasteiger partial charge in [-0.15, -0.1) is 0 Å². The van der Waals surface area contributed by atoms with Gasteiger partial charge in [0.1, 0.15) is 12.3 Å². The summed E-state index contributed by atoms with van der Waals surface area (Å²) in [4.78, 5) is 11.5. The van der Waals surface area contributed by atoms with Gasteiger partial charge in [0, 0.05) is 13.3 Å². The maximum absolute atomic E-state index is 14.4. The molecule has 0 heterocycles. The van der Waals surface area contributed by atoms with Crippen molar-refractivity contribution in [2.24, 2.45) is 40.4 Å². The molecule has 3 fully saturated rings. The highest BCUT2D eigenvalue weighted by atomic mass is 19.1. The summed E-state index contributed by atoms with van der Waals surface area (Å²) in [5, 5.41) is 10.0. The fraction of sp³-hybridized carbons (Fsp3) is 0.897. The van der Waals surface area contributed by atoms with Gasteiger partial charge in [0.05, 0.1) is 5.60 Å². The molecule has 4 aliphatic carbocycles. The predicted molar refractivity (Wildman–Crippen MR) is 130 cm³/mol. The second-order valence-electron chi connectivity index (χ2n) is 13.1. The van der Waals surface area contributed by atoms with Gasteiger partial charge in [-0.2, -0.15) is 0 Å². The average molecular weight is 463 g/mol. The summed E-state index contributed by atoms with van der Waals surface area (Å²) in [6.45, 7) is 12.1. The van der Waals surface area contributed by atoms with E-state index < -0.39 is 11.8 Å². The second-order valence-corrected chi connectivity index (χ2v) is 13.1. The van der Waals surface area contributed by atoms with Gasteiger partial charge in [0.2, 0.25) is 0 Å². The van der Waals surface area contributed by atoms with Gasteiger partial charge in [0.25, 0.3) is 0 Å². The summed E-state index contributed by atoms with van der Waals surface area (Å²) in [5.41, 5.74) is 0.931. The highest BCUT2D eigenvalue weighted by Crippen LogP contribution is 2.67. The van der Waals surface area contributed by atoms with Crippen molar-refractivity contribution in [1.29, 1.82) is 0 Å². The Morgan fingerprint density at radius 3 is 2.58 bits per heavy atom. The Labute approximate surface area is 200 Å². The second kappa shape index (κ2) is 8.95. The van der Waals surface area contributed by atoms with Crippen LogP contribution >= 0.6 is 0 Å². The summed E-state index contributed by atoms with van der Waals surface area (Å²) >= 11 is 0. The highest BCUT2D eigenvalue weighted by molar-refractivity contribution is 5.66. The van der Waals surface area contributed by atoms with Crippen molar-refractivity contribution in [3.8, 4) is 0 Å². The number of aliphatic hydroxyl groups is 1. The van der Waals surface area contributed by atoms with Crippen LogP contribution in [0.5, 0.6) is 0 Å². The number of carbonyl (C=O) groups is 1. The normalized spacial score (nSPS) is 42.4. The molecule has 3 nitrogen and oxygen atoms in total. The lowest BCUT2D eigenvalue weighted by Crippen LogP contribution is -2.51. The smallest absolute Gasteiger partial charge is 0.302 e. The molecule has 3 saturated carbocycles. The number of alkyl halides is 1. The molecular weight excluding hydrogens is 415 g/mol. The molecule has 4 aliphatic rings. The SMILES string of the molecule is CC(=O)O[C@@H]1CC[C@@]2(C)C(=CC[C@H]3[C@@H]4CC[C@H]([C@H](C)CCC(F)C(C)(C)O)[C@@]4(C)CC[C@@H]32)C1. The molecule has 0 amide bonds. The van der Waals surface area contributed by atoms with E-state index in [9.17, 15) is 14.3 Å². The number of carbonyl (C=O) groups excluding carboxylic acids is 1. The Morgan fingerprint density at radius 2 is 1.91 bits per heavy atom. The van der Waals surface area contributed by atoms with Crippen LogP contribution in [0.2, 0.25) is 0 Å². The van der Waals surface area contributed by atoms with Crippen LogP contribution in [-0.4, -0.2) is 29.0 Å². The van der Waals surface area contributed by atoms with E-state index in [2.05, 4.69) is 26.8 Å². The highest BCUT2D eigenvalue weighted by Gasteiger charge is 2.59. The number of hydrogen-bond acceptors (Lipinski definition) is 3. The zero-order valence-corrected chi connectivity index (χ0v) is 21.8. The Morgan fingerprint density at radius 1 is 1.18 bits per heavy atom. The zero-order chi connectivity index (χ0) is 24.2. The van der Waals surface area contributed by atoms with E-state index in [1.54, 1.807) is 19.4 Å². The minimum atomic E-state index is -1.24.